The summed E-state index contributed by atoms with van der Waals surface area (Å²) in [5.41, 5.74) is 5.65. The average molecular weight is 284 g/mol. The van der Waals surface area contributed by atoms with Crippen molar-refractivity contribution in [2.75, 3.05) is 18.0 Å². The topological polar surface area (TPSA) is 29.3 Å². The quantitative estimate of drug-likeness (QED) is 0.846. The number of nitrogens with zero attached hydrogens (tertiary/aromatic N) is 1. The number of nitrogens with two attached hydrogens (primary N) is 1. The van der Waals surface area contributed by atoms with Crippen molar-refractivity contribution >= 4 is 22.9 Å². The van der Waals surface area contributed by atoms with Crippen molar-refractivity contribution in [1.29, 1.82) is 0 Å². The summed E-state index contributed by atoms with van der Waals surface area (Å²) in [5, 5.41) is 0. The molecule has 0 aromatic heterocycles. The third-order valence-corrected chi connectivity index (χ3v) is 3.90. The van der Waals surface area contributed by atoms with Gasteiger partial charge in [-0.25, -0.2) is 8.78 Å². The second-order valence-electron chi connectivity index (χ2n) is 5.15. The SMILES string of the molecule is CC1CCCN(c2ccc(C(N)=S)c(F)c2F)CC1. The van der Waals surface area contributed by atoms with Crippen molar-refractivity contribution in [2.45, 2.75) is 26.2 Å². The molecule has 2 N–H and O–H groups in total. The Kier molecular flexibility index (Phi) is 4.34. The lowest BCUT2D eigenvalue weighted by Gasteiger charge is -2.24. The third-order valence-electron chi connectivity index (χ3n) is 3.68. The van der Waals surface area contributed by atoms with Crippen molar-refractivity contribution in [3.8, 4) is 0 Å². The van der Waals surface area contributed by atoms with Gasteiger partial charge in [0.05, 0.1) is 5.69 Å². The minimum absolute atomic E-state index is 0.0283. The molecule has 0 saturated carbocycles. The largest absolute Gasteiger partial charge is 0.389 e. The van der Waals surface area contributed by atoms with Crippen LogP contribution in [-0.2, 0) is 0 Å². The van der Waals surface area contributed by atoms with Gasteiger partial charge in [-0.3, -0.25) is 0 Å². The first kappa shape index (κ1) is 14.2. The summed E-state index contributed by atoms with van der Waals surface area (Å²) in [6.07, 6.45) is 3.13. The molecular weight excluding hydrogens is 266 g/mol. The van der Waals surface area contributed by atoms with Crippen molar-refractivity contribution < 1.29 is 8.78 Å². The highest BCUT2D eigenvalue weighted by molar-refractivity contribution is 7.80. The molecule has 1 heterocycles. The van der Waals surface area contributed by atoms with E-state index in [2.05, 4.69) is 6.92 Å². The number of hydrogen-bond donors (Lipinski definition) is 1. The molecule has 0 spiro atoms. The van der Waals surface area contributed by atoms with E-state index in [0.29, 0.717) is 11.6 Å². The van der Waals surface area contributed by atoms with E-state index >= 15 is 0 Å². The van der Waals surface area contributed by atoms with E-state index in [1.807, 2.05) is 4.90 Å². The molecule has 2 rings (SSSR count). The Labute approximate surface area is 117 Å². The van der Waals surface area contributed by atoms with Crippen LogP contribution in [0, 0.1) is 17.6 Å². The van der Waals surface area contributed by atoms with E-state index in [0.717, 1.165) is 32.4 Å². The zero-order chi connectivity index (χ0) is 14.0. The Balaban J connectivity index is 2.30. The number of thiocarbonyl (C=S) groups is 1. The van der Waals surface area contributed by atoms with Crippen LogP contribution >= 0.6 is 12.2 Å². The van der Waals surface area contributed by atoms with Crippen LogP contribution in [0.15, 0.2) is 12.1 Å². The van der Waals surface area contributed by atoms with Crippen LogP contribution in [0.3, 0.4) is 0 Å². The van der Waals surface area contributed by atoms with Gasteiger partial charge in [-0.2, -0.15) is 0 Å². The highest BCUT2D eigenvalue weighted by Gasteiger charge is 2.21. The number of rotatable bonds is 2. The van der Waals surface area contributed by atoms with Gasteiger partial charge in [0.1, 0.15) is 4.99 Å². The van der Waals surface area contributed by atoms with Gasteiger partial charge in [-0.15, -0.1) is 0 Å². The summed E-state index contributed by atoms with van der Waals surface area (Å²) < 4.78 is 28.0. The van der Waals surface area contributed by atoms with Crippen LogP contribution in [0.5, 0.6) is 0 Å². The summed E-state index contributed by atoms with van der Waals surface area (Å²) >= 11 is 4.70. The Morgan fingerprint density at radius 1 is 1.26 bits per heavy atom. The molecule has 0 bridgehead atoms. The second-order valence-corrected chi connectivity index (χ2v) is 5.59. The number of benzene rings is 1. The highest BCUT2D eigenvalue weighted by atomic mass is 32.1. The van der Waals surface area contributed by atoms with Crippen LogP contribution in [0.1, 0.15) is 31.7 Å². The first-order valence-corrected chi connectivity index (χ1v) is 6.94. The number of anilines is 1. The minimum Gasteiger partial charge on any atom is -0.389 e. The van der Waals surface area contributed by atoms with E-state index in [1.165, 1.54) is 6.07 Å². The minimum atomic E-state index is -0.942. The summed E-state index contributed by atoms with van der Waals surface area (Å²) in [7, 11) is 0. The number of halogens is 2. The van der Waals surface area contributed by atoms with E-state index in [1.54, 1.807) is 6.07 Å². The van der Waals surface area contributed by atoms with Crippen molar-refractivity contribution in [2.24, 2.45) is 11.7 Å². The lowest BCUT2D eigenvalue weighted by atomic mass is 10.0. The van der Waals surface area contributed by atoms with Crippen LogP contribution < -0.4 is 10.6 Å². The Hall–Kier alpha value is -1.23. The molecule has 1 atom stereocenters. The molecule has 1 aromatic carbocycles. The molecule has 104 valence electrons. The maximum absolute atomic E-state index is 14.1. The summed E-state index contributed by atoms with van der Waals surface area (Å²) in [4.78, 5) is 1.79. The van der Waals surface area contributed by atoms with E-state index in [-0.39, 0.29) is 10.6 Å². The molecule has 5 heteroatoms. The maximum atomic E-state index is 14.1. The van der Waals surface area contributed by atoms with Gasteiger partial charge in [0, 0.05) is 18.7 Å². The Bertz CT molecular complexity index is 491. The van der Waals surface area contributed by atoms with Gasteiger partial charge in [0.2, 0.25) is 0 Å². The fourth-order valence-electron chi connectivity index (χ4n) is 2.48. The van der Waals surface area contributed by atoms with E-state index < -0.39 is 11.6 Å². The summed E-state index contributed by atoms with van der Waals surface area (Å²) in [5.74, 6) is -1.16. The van der Waals surface area contributed by atoms with Crippen molar-refractivity contribution in [3.05, 3.63) is 29.3 Å². The molecular formula is C14H18F2N2S. The van der Waals surface area contributed by atoms with Gasteiger partial charge in [-0.05, 0) is 37.3 Å². The van der Waals surface area contributed by atoms with Crippen LogP contribution in [0.2, 0.25) is 0 Å². The average Bonchev–Trinajstić information content (AvgIpc) is 2.57. The van der Waals surface area contributed by atoms with E-state index in [9.17, 15) is 8.78 Å². The smallest absolute Gasteiger partial charge is 0.182 e. The van der Waals surface area contributed by atoms with Crippen molar-refractivity contribution in [1.82, 2.24) is 0 Å². The predicted molar refractivity (Wildman–Crippen MR) is 77.5 cm³/mol. The van der Waals surface area contributed by atoms with Gasteiger partial charge in [0.25, 0.3) is 0 Å². The molecule has 2 nitrogen and oxygen atoms in total. The molecule has 1 unspecified atom stereocenters. The maximum Gasteiger partial charge on any atom is 0.182 e. The standard InChI is InChI=1S/C14H18F2N2S/c1-9-3-2-7-18(8-6-9)11-5-4-10(14(17)19)12(15)13(11)16/h4-5,9H,2-3,6-8H2,1H3,(H2,17,19). The van der Waals surface area contributed by atoms with Gasteiger partial charge in [-0.1, -0.05) is 19.1 Å². The monoisotopic (exact) mass is 284 g/mol. The molecule has 0 amide bonds. The van der Waals surface area contributed by atoms with Crippen molar-refractivity contribution in [3.63, 3.8) is 0 Å². The molecule has 1 aromatic rings. The van der Waals surface area contributed by atoms with Crippen LogP contribution in [-0.4, -0.2) is 18.1 Å². The van der Waals surface area contributed by atoms with Crippen LogP contribution in [0.25, 0.3) is 0 Å². The summed E-state index contributed by atoms with van der Waals surface area (Å²) in [6, 6.07) is 3.04. The van der Waals surface area contributed by atoms with Gasteiger partial charge < -0.3 is 10.6 Å². The predicted octanol–water partition coefficient (Wildman–Crippen LogP) is 3.23. The molecule has 0 radical (unpaired) electrons. The lowest BCUT2D eigenvalue weighted by molar-refractivity contribution is 0.503. The lowest BCUT2D eigenvalue weighted by Crippen LogP contribution is -2.26. The zero-order valence-electron chi connectivity index (χ0n) is 11.0. The highest BCUT2D eigenvalue weighted by Crippen LogP contribution is 2.27. The fraction of sp³-hybridized carbons (Fsp3) is 0.500. The first-order valence-electron chi connectivity index (χ1n) is 6.53. The Morgan fingerprint density at radius 2 is 2.00 bits per heavy atom. The second kappa shape index (κ2) is 5.82. The third kappa shape index (κ3) is 3.03. The summed E-state index contributed by atoms with van der Waals surface area (Å²) in [6.45, 7) is 3.70. The Morgan fingerprint density at radius 3 is 2.68 bits per heavy atom. The fourth-order valence-corrected chi connectivity index (χ4v) is 2.64. The van der Waals surface area contributed by atoms with Gasteiger partial charge in [0.15, 0.2) is 11.6 Å². The molecule has 19 heavy (non-hydrogen) atoms. The normalized spacial score (nSPS) is 20.2. The zero-order valence-corrected chi connectivity index (χ0v) is 11.8. The van der Waals surface area contributed by atoms with Gasteiger partial charge >= 0.3 is 0 Å². The van der Waals surface area contributed by atoms with E-state index in [4.69, 9.17) is 18.0 Å². The van der Waals surface area contributed by atoms with Crippen LogP contribution in [0.4, 0.5) is 14.5 Å². The number of hydrogen-bond acceptors (Lipinski definition) is 2. The molecule has 0 aliphatic carbocycles. The molecule has 1 aliphatic heterocycles. The molecule has 1 fully saturated rings. The first-order chi connectivity index (χ1) is 9.00. The molecule has 1 saturated heterocycles. The molecule has 1 aliphatic rings.